The fourth-order valence-electron chi connectivity index (χ4n) is 4.85. The van der Waals surface area contributed by atoms with Crippen LogP contribution in [-0.4, -0.2) is 36.5 Å². The smallest absolute Gasteiger partial charge is 0.391 e. The second-order valence-electron chi connectivity index (χ2n) is 9.04. The van der Waals surface area contributed by atoms with E-state index in [9.17, 15) is 35.9 Å². The number of ether oxygens (including phenoxy) is 2. The molecule has 3 aliphatic carbocycles. The lowest BCUT2D eigenvalue weighted by atomic mass is 9.83. The number of esters is 2. The van der Waals surface area contributed by atoms with Crippen molar-refractivity contribution in [3.63, 3.8) is 0 Å². The van der Waals surface area contributed by atoms with Gasteiger partial charge in [-0.2, -0.15) is 26.3 Å². The molecule has 0 bridgehead atoms. The van der Waals surface area contributed by atoms with Crippen LogP contribution in [0, 0.1) is 23.7 Å². The van der Waals surface area contributed by atoms with Crippen molar-refractivity contribution in [1.82, 2.24) is 0 Å². The standard InChI is InChI=1S/C22H28F6O4/c23-21(24,25)13-5-9-15(10-6-13)31-19(29)17-3-1-2-4-18(17)20(30)32-16-11-7-14(8-12-16)22(26,27)28/h1,3,13-18H,2,4-12H2. The molecule has 0 spiro atoms. The fourth-order valence-corrected chi connectivity index (χ4v) is 4.85. The van der Waals surface area contributed by atoms with Gasteiger partial charge in [-0.1, -0.05) is 12.2 Å². The lowest BCUT2D eigenvalue weighted by Crippen LogP contribution is -2.38. The van der Waals surface area contributed by atoms with Crippen LogP contribution in [0.1, 0.15) is 64.2 Å². The molecule has 2 saturated carbocycles. The molecule has 2 unspecified atom stereocenters. The average Bonchev–Trinajstić information content (AvgIpc) is 2.73. The number of hydrogen-bond donors (Lipinski definition) is 0. The molecule has 10 heteroatoms. The summed E-state index contributed by atoms with van der Waals surface area (Å²) >= 11 is 0. The second kappa shape index (κ2) is 10.0. The molecule has 2 fully saturated rings. The van der Waals surface area contributed by atoms with Crippen LogP contribution in [0.15, 0.2) is 12.2 Å². The van der Waals surface area contributed by atoms with Crippen LogP contribution < -0.4 is 0 Å². The van der Waals surface area contributed by atoms with Gasteiger partial charge in [0.25, 0.3) is 0 Å². The van der Waals surface area contributed by atoms with Gasteiger partial charge in [-0.3, -0.25) is 9.59 Å². The normalized spacial score (nSPS) is 34.1. The van der Waals surface area contributed by atoms with E-state index < -0.39 is 60.2 Å². The van der Waals surface area contributed by atoms with Gasteiger partial charge in [0, 0.05) is 0 Å². The predicted molar refractivity (Wildman–Crippen MR) is 101 cm³/mol. The molecule has 0 N–H and O–H groups in total. The van der Waals surface area contributed by atoms with Crippen molar-refractivity contribution in [3.05, 3.63) is 12.2 Å². The molecule has 0 aromatic rings. The van der Waals surface area contributed by atoms with E-state index in [1.807, 2.05) is 0 Å². The molecule has 0 heterocycles. The van der Waals surface area contributed by atoms with Crippen molar-refractivity contribution in [2.45, 2.75) is 88.8 Å². The molecular formula is C22H28F6O4. The highest BCUT2D eigenvalue weighted by Crippen LogP contribution is 2.40. The number of halogens is 6. The van der Waals surface area contributed by atoms with E-state index >= 15 is 0 Å². The molecule has 0 radical (unpaired) electrons. The van der Waals surface area contributed by atoms with E-state index in [1.54, 1.807) is 12.2 Å². The molecule has 0 aromatic carbocycles. The Hall–Kier alpha value is -1.74. The summed E-state index contributed by atoms with van der Waals surface area (Å²) in [6.07, 6.45) is -5.49. The Kier molecular flexibility index (Phi) is 7.81. The van der Waals surface area contributed by atoms with Crippen molar-refractivity contribution < 1.29 is 45.4 Å². The zero-order valence-electron chi connectivity index (χ0n) is 17.6. The summed E-state index contributed by atoms with van der Waals surface area (Å²) in [5.41, 5.74) is 0. The Morgan fingerprint density at radius 2 is 1.09 bits per heavy atom. The van der Waals surface area contributed by atoms with E-state index in [4.69, 9.17) is 9.47 Å². The molecule has 0 aliphatic heterocycles. The van der Waals surface area contributed by atoms with Crippen LogP contribution in [0.25, 0.3) is 0 Å². The maximum Gasteiger partial charge on any atom is 0.391 e. The summed E-state index contributed by atoms with van der Waals surface area (Å²) in [5, 5.41) is 0. The highest BCUT2D eigenvalue weighted by molar-refractivity contribution is 5.84. The third-order valence-electron chi connectivity index (χ3n) is 6.84. The summed E-state index contributed by atoms with van der Waals surface area (Å²) < 4.78 is 87.7. The van der Waals surface area contributed by atoms with Gasteiger partial charge in [-0.25, -0.2) is 0 Å². The quantitative estimate of drug-likeness (QED) is 0.292. The van der Waals surface area contributed by atoms with Gasteiger partial charge < -0.3 is 9.47 Å². The van der Waals surface area contributed by atoms with E-state index in [1.165, 1.54) is 0 Å². The minimum Gasteiger partial charge on any atom is -0.462 e. The van der Waals surface area contributed by atoms with Crippen LogP contribution >= 0.6 is 0 Å². The summed E-state index contributed by atoms with van der Waals surface area (Å²) in [5.74, 6) is -5.78. The van der Waals surface area contributed by atoms with Gasteiger partial charge >= 0.3 is 24.3 Å². The minimum atomic E-state index is -4.25. The van der Waals surface area contributed by atoms with Crippen LogP contribution in [0.5, 0.6) is 0 Å². The Labute approximate surface area is 182 Å². The van der Waals surface area contributed by atoms with Gasteiger partial charge in [0.15, 0.2) is 0 Å². The molecule has 0 aromatic heterocycles. The van der Waals surface area contributed by atoms with Gasteiger partial charge in [0.05, 0.1) is 23.7 Å². The van der Waals surface area contributed by atoms with Crippen LogP contribution in [0.4, 0.5) is 26.3 Å². The number of hydrogen-bond acceptors (Lipinski definition) is 4. The molecule has 2 atom stereocenters. The molecule has 182 valence electrons. The van der Waals surface area contributed by atoms with Crippen molar-refractivity contribution in [1.29, 1.82) is 0 Å². The van der Waals surface area contributed by atoms with Crippen LogP contribution in [-0.2, 0) is 19.1 Å². The van der Waals surface area contributed by atoms with E-state index in [0.717, 1.165) is 0 Å². The monoisotopic (exact) mass is 470 g/mol. The fraction of sp³-hybridized carbons (Fsp3) is 0.818. The van der Waals surface area contributed by atoms with Crippen molar-refractivity contribution in [3.8, 4) is 0 Å². The predicted octanol–water partition coefficient (Wildman–Crippen LogP) is 5.90. The Morgan fingerprint density at radius 1 is 0.656 bits per heavy atom. The SMILES string of the molecule is O=C(OC1CCC(C(F)(F)F)CC1)C1C=CCCC1C(=O)OC1CCC(C(F)(F)F)CC1. The highest BCUT2D eigenvalue weighted by atomic mass is 19.4. The maximum atomic E-state index is 12.8. The van der Waals surface area contributed by atoms with E-state index in [-0.39, 0.29) is 51.4 Å². The van der Waals surface area contributed by atoms with Crippen LogP contribution in [0.2, 0.25) is 0 Å². The molecular weight excluding hydrogens is 442 g/mol. The second-order valence-corrected chi connectivity index (χ2v) is 9.04. The molecule has 0 amide bonds. The third kappa shape index (κ3) is 6.41. The molecule has 3 rings (SSSR count). The largest absolute Gasteiger partial charge is 0.462 e. The first kappa shape index (κ1) is 24.9. The molecule has 32 heavy (non-hydrogen) atoms. The Morgan fingerprint density at radius 3 is 1.53 bits per heavy atom. The zero-order chi connectivity index (χ0) is 23.5. The van der Waals surface area contributed by atoms with Gasteiger partial charge in [-0.05, 0) is 64.2 Å². The first-order valence-corrected chi connectivity index (χ1v) is 11.2. The zero-order valence-corrected chi connectivity index (χ0v) is 17.6. The first-order valence-electron chi connectivity index (χ1n) is 11.2. The van der Waals surface area contributed by atoms with Crippen LogP contribution in [0.3, 0.4) is 0 Å². The molecule has 4 nitrogen and oxygen atoms in total. The number of rotatable bonds is 4. The highest BCUT2D eigenvalue weighted by Gasteiger charge is 2.44. The summed E-state index contributed by atoms with van der Waals surface area (Å²) in [7, 11) is 0. The molecule has 3 aliphatic rings. The van der Waals surface area contributed by atoms with Gasteiger partial charge in [0.2, 0.25) is 0 Å². The number of carbonyl (C=O) groups excluding carboxylic acids is 2. The van der Waals surface area contributed by atoms with Crippen molar-refractivity contribution in [2.24, 2.45) is 23.7 Å². The third-order valence-corrected chi connectivity index (χ3v) is 6.84. The Balaban J connectivity index is 1.51. The Bertz CT molecular complexity index is 686. The minimum absolute atomic E-state index is 0.0991. The molecule has 0 saturated heterocycles. The van der Waals surface area contributed by atoms with E-state index in [0.29, 0.717) is 12.8 Å². The number of allylic oxidation sites excluding steroid dienone is 1. The maximum absolute atomic E-state index is 12.8. The first-order chi connectivity index (χ1) is 14.9. The van der Waals surface area contributed by atoms with Crippen molar-refractivity contribution >= 4 is 11.9 Å². The van der Waals surface area contributed by atoms with Crippen molar-refractivity contribution in [2.75, 3.05) is 0 Å². The summed E-state index contributed by atoms with van der Waals surface area (Å²) in [4.78, 5) is 25.4. The number of alkyl halides is 6. The summed E-state index contributed by atoms with van der Waals surface area (Å²) in [6.45, 7) is 0. The summed E-state index contributed by atoms with van der Waals surface area (Å²) in [6, 6.07) is 0. The topological polar surface area (TPSA) is 52.6 Å². The van der Waals surface area contributed by atoms with E-state index in [2.05, 4.69) is 0 Å². The van der Waals surface area contributed by atoms with Gasteiger partial charge in [-0.15, -0.1) is 0 Å². The lowest BCUT2D eigenvalue weighted by Gasteiger charge is -2.33. The average molecular weight is 470 g/mol. The number of carbonyl (C=O) groups is 2. The van der Waals surface area contributed by atoms with Gasteiger partial charge in [0.1, 0.15) is 12.2 Å². The lowest BCUT2D eigenvalue weighted by molar-refractivity contribution is -0.192.